The maximum atomic E-state index is 5.32. The maximum absolute atomic E-state index is 5.32. The molecule has 4 heteroatoms. The summed E-state index contributed by atoms with van der Waals surface area (Å²) in [5.74, 6) is 0. The number of fused-ring (bicyclic) bond motifs is 2. The first kappa shape index (κ1) is 6.52. The SMILES string of the molecule is S=C1NCC2COCC1N2. The molecule has 3 nitrogen and oxygen atoms in total. The van der Waals surface area contributed by atoms with Crippen LogP contribution in [-0.2, 0) is 4.74 Å². The Labute approximate surface area is 65.1 Å². The Morgan fingerprint density at radius 1 is 1.50 bits per heavy atom. The zero-order chi connectivity index (χ0) is 6.97. The van der Waals surface area contributed by atoms with Crippen LogP contribution in [0.5, 0.6) is 0 Å². The van der Waals surface area contributed by atoms with Gasteiger partial charge in [-0.3, -0.25) is 5.32 Å². The molecule has 2 atom stereocenters. The number of piperazine rings is 1. The van der Waals surface area contributed by atoms with Crippen molar-refractivity contribution in [3.63, 3.8) is 0 Å². The maximum Gasteiger partial charge on any atom is 0.0950 e. The van der Waals surface area contributed by atoms with Crippen LogP contribution >= 0.6 is 12.2 Å². The van der Waals surface area contributed by atoms with Crippen molar-refractivity contribution in [2.24, 2.45) is 0 Å². The van der Waals surface area contributed by atoms with E-state index in [1.54, 1.807) is 0 Å². The Morgan fingerprint density at radius 2 is 2.40 bits per heavy atom. The van der Waals surface area contributed by atoms with E-state index >= 15 is 0 Å². The Balaban J connectivity index is 2.07. The van der Waals surface area contributed by atoms with Crippen LogP contribution in [0.1, 0.15) is 0 Å². The molecule has 2 N–H and O–H groups in total. The monoisotopic (exact) mass is 158 g/mol. The molecule has 2 fully saturated rings. The lowest BCUT2D eigenvalue weighted by Crippen LogP contribution is -2.63. The molecule has 0 radical (unpaired) electrons. The van der Waals surface area contributed by atoms with Gasteiger partial charge in [-0.05, 0) is 0 Å². The van der Waals surface area contributed by atoms with E-state index in [0.717, 1.165) is 24.7 Å². The molecule has 2 aliphatic heterocycles. The molecule has 2 rings (SSSR count). The molecule has 0 amide bonds. The second kappa shape index (κ2) is 2.45. The normalized spacial score (nSPS) is 39.0. The molecular weight excluding hydrogens is 148 g/mol. The molecule has 0 aromatic rings. The molecule has 0 aromatic carbocycles. The van der Waals surface area contributed by atoms with Crippen molar-refractivity contribution >= 4 is 17.2 Å². The van der Waals surface area contributed by atoms with Crippen LogP contribution in [0.2, 0.25) is 0 Å². The lowest BCUT2D eigenvalue weighted by Gasteiger charge is -2.36. The highest BCUT2D eigenvalue weighted by Gasteiger charge is 2.28. The number of thiocarbonyl (C=S) groups is 1. The van der Waals surface area contributed by atoms with Crippen molar-refractivity contribution in [2.75, 3.05) is 19.8 Å². The van der Waals surface area contributed by atoms with Crippen LogP contribution in [0, 0.1) is 0 Å². The van der Waals surface area contributed by atoms with Crippen molar-refractivity contribution in [1.29, 1.82) is 0 Å². The summed E-state index contributed by atoms with van der Waals surface area (Å²) in [5.41, 5.74) is 0. The summed E-state index contributed by atoms with van der Waals surface area (Å²) in [6.07, 6.45) is 0. The number of rotatable bonds is 0. The summed E-state index contributed by atoms with van der Waals surface area (Å²) in [6, 6.07) is 0.730. The minimum atomic E-state index is 0.266. The van der Waals surface area contributed by atoms with Gasteiger partial charge in [0.25, 0.3) is 0 Å². The van der Waals surface area contributed by atoms with Gasteiger partial charge < -0.3 is 10.1 Å². The average molecular weight is 158 g/mol. The van der Waals surface area contributed by atoms with E-state index in [1.807, 2.05) is 0 Å². The van der Waals surface area contributed by atoms with Gasteiger partial charge in [-0.15, -0.1) is 0 Å². The van der Waals surface area contributed by atoms with Gasteiger partial charge in [0.15, 0.2) is 0 Å². The highest BCUT2D eigenvalue weighted by Crippen LogP contribution is 2.04. The lowest BCUT2D eigenvalue weighted by atomic mass is 10.1. The molecule has 2 saturated heterocycles. The molecule has 56 valence electrons. The standard InChI is InChI=1S/C6H10N2OS/c10-6-5-3-9-2-4(8-5)1-7-6/h4-5,8H,1-3H2,(H,7,10). The third-order valence-electron chi connectivity index (χ3n) is 1.88. The summed E-state index contributed by atoms with van der Waals surface area (Å²) >= 11 is 5.06. The first-order valence-electron chi connectivity index (χ1n) is 3.48. The fourth-order valence-corrected chi connectivity index (χ4v) is 1.54. The van der Waals surface area contributed by atoms with Crippen LogP contribution in [0.3, 0.4) is 0 Å². The van der Waals surface area contributed by atoms with Crippen LogP contribution < -0.4 is 10.6 Å². The zero-order valence-electron chi connectivity index (χ0n) is 5.59. The molecular formula is C6H10N2OS. The fraction of sp³-hybridized carbons (Fsp3) is 0.833. The molecule has 2 unspecified atom stereocenters. The quantitative estimate of drug-likeness (QED) is 0.456. The van der Waals surface area contributed by atoms with E-state index in [2.05, 4.69) is 10.6 Å². The second-order valence-corrected chi connectivity index (χ2v) is 3.14. The van der Waals surface area contributed by atoms with Gasteiger partial charge in [-0.2, -0.15) is 0 Å². The third-order valence-corrected chi connectivity index (χ3v) is 2.31. The Kier molecular flexibility index (Phi) is 1.60. The molecule has 0 saturated carbocycles. The van der Waals surface area contributed by atoms with Crippen molar-refractivity contribution in [1.82, 2.24) is 10.6 Å². The Bertz CT molecular complexity index is 162. The first-order valence-corrected chi connectivity index (χ1v) is 3.88. The number of ether oxygens (including phenoxy) is 1. The summed E-state index contributed by atoms with van der Waals surface area (Å²) in [7, 11) is 0. The van der Waals surface area contributed by atoms with Gasteiger partial charge in [0.2, 0.25) is 0 Å². The number of morpholine rings is 1. The predicted molar refractivity (Wildman–Crippen MR) is 42.1 cm³/mol. The number of nitrogens with one attached hydrogen (secondary N) is 2. The lowest BCUT2D eigenvalue weighted by molar-refractivity contribution is 0.0570. The van der Waals surface area contributed by atoms with Crippen molar-refractivity contribution < 1.29 is 4.74 Å². The Hall–Kier alpha value is -0.190. The van der Waals surface area contributed by atoms with E-state index in [4.69, 9.17) is 17.0 Å². The third kappa shape index (κ3) is 1.02. The molecule has 10 heavy (non-hydrogen) atoms. The van der Waals surface area contributed by atoms with Crippen molar-refractivity contribution in [2.45, 2.75) is 12.1 Å². The highest BCUT2D eigenvalue weighted by atomic mass is 32.1. The van der Waals surface area contributed by atoms with Crippen LogP contribution in [0.25, 0.3) is 0 Å². The molecule has 0 spiro atoms. The minimum absolute atomic E-state index is 0.266. The Morgan fingerprint density at radius 3 is 3.20 bits per heavy atom. The van der Waals surface area contributed by atoms with Gasteiger partial charge >= 0.3 is 0 Å². The van der Waals surface area contributed by atoms with Crippen LogP contribution in [0.15, 0.2) is 0 Å². The number of hydrogen-bond acceptors (Lipinski definition) is 3. The first-order chi connectivity index (χ1) is 4.86. The molecule has 0 aromatic heterocycles. The highest BCUT2D eigenvalue weighted by molar-refractivity contribution is 7.80. The second-order valence-electron chi connectivity index (χ2n) is 2.70. The molecule has 2 heterocycles. The van der Waals surface area contributed by atoms with Crippen LogP contribution in [-0.4, -0.2) is 36.8 Å². The predicted octanol–water partition coefficient (Wildman–Crippen LogP) is -0.726. The molecule has 2 aliphatic rings. The zero-order valence-corrected chi connectivity index (χ0v) is 6.41. The molecule has 2 bridgehead atoms. The van der Waals surface area contributed by atoms with E-state index < -0.39 is 0 Å². The summed E-state index contributed by atoms with van der Waals surface area (Å²) in [4.78, 5) is 0.899. The van der Waals surface area contributed by atoms with E-state index in [9.17, 15) is 0 Å². The fourth-order valence-electron chi connectivity index (χ4n) is 1.33. The smallest absolute Gasteiger partial charge is 0.0950 e. The van der Waals surface area contributed by atoms with Crippen molar-refractivity contribution in [3.05, 3.63) is 0 Å². The summed E-state index contributed by atoms with van der Waals surface area (Å²) in [6.45, 7) is 2.45. The van der Waals surface area contributed by atoms with Crippen molar-refractivity contribution in [3.8, 4) is 0 Å². The average Bonchev–Trinajstić information content (AvgIpc) is 1.99. The van der Waals surface area contributed by atoms with Gasteiger partial charge in [0, 0.05) is 12.6 Å². The minimum Gasteiger partial charge on any atom is -0.378 e. The van der Waals surface area contributed by atoms with E-state index in [0.29, 0.717) is 6.04 Å². The van der Waals surface area contributed by atoms with Gasteiger partial charge in [0.1, 0.15) is 0 Å². The van der Waals surface area contributed by atoms with Gasteiger partial charge in [-0.25, -0.2) is 0 Å². The van der Waals surface area contributed by atoms with E-state index in [1.165, 1.54) is 0 Å². The van der Waals surface area contributed by atoms with E-state index in [-0.39, 0.29) is 6.04 Å². The summed E-state index contributed by atoms with van der Waals surface area (Å²) < 4.78 is 5.32. The van der Waals surface area contributed by atoms with Gasteiger partial charge in [-0.1, -0.05) is 12.2 Å². The largest absolute Gasteiger partial charge is 0.378 e. The van der Waals surface area contributed by atoms with Crippen LogP contribution in [0.4, 0.5) is 0 Å². The van der Waals surface area contributed by atoms with Gasteiger partial charge in [0.05, 0.1) is 24.2 Å². The number of hydrogen-bond donors (Lipinski definition) is 2. The summed E-state index contributed by atoms with van der Waals surface area (Å²) in [5, 5.41) is 6.55. The topological polar surface area (TPSA) is 33.3 Å². The molecule has 0 aliphatic carbocycles.